The van der Waals surface area contributed by atoms with Crippen molar-refractivity contribution in [3.8, 4) is 5.75 Å². The number of fused-ring (bicyclic) bond motifs is 1. The Kier molecular flexibility index (Phi) is 4.36. The molecule has 0 bridgehead atoms. The Labute approximate surface area is 150 Å². The number of anilines is 1. The van der Waals surface area contributed by atoms with E-state index in [0.717, 1.165) is 4.31 Å². The van der Waals surface area contributed by atoms with Crippen molar-refractivity contribution in [3.63, 3.8) is 0 Å². The number of rotatable bonds is 4. The quantitative estimate of drug-likeness (QED) is 0.764. The SMILES string of the molecule is CNC(=O)C1CN(S(=O)(=O)c2cc(C(N)=O)n(C)c2)c2ccccc2O1. The molecule has 0 radical (unpaired) electrons. The van der Waals surface area contributed by atoms with Crippen LogP contribution in [0.2, 0.25) is 0 Å². The van der Waals surface area contributed by atoms with Gasteiger partial charge in [-0.25, -0.2) is 8.42 Å². The number of carbonyl (C=O) groups is 2. The van der Waals surface area contributed by atoms with Gasteiger partial charge in [-0.05, 0) is 18.2 Å². The molecule has 0 saturated carbocycles. The summed E-state index contributed by atoms with van der Waals surface area (Å²) in [6.07, 6.45) is 0.312. The monoisotopic (exact) mass is 378 g/mol. The summed E-state index contributed by atoms with van der Waals surface area (Å²) in [5, 5.41) is 2.45. The Balaban J connectivity index is 2.09. The van der Waals surface area contributed by atoms with Crippen molar-refractivity contribution in [2.75, 3.05) is 17.9 Å². The molecule has 0 saturated heterocycles. The van der Waals surface area contributed by atoms with Gasteiger partial charge in [0.2, 0.25) is 0 Å². The minimum Gasteiger partial charge on any atom is -0.476 e. The van der Waals surface area contributed by atoms with E-state index in [0.29, 0.717) is 5.69 Å². The topological polar surface area (TPSA) is 124 Å². The molecular formula is C16H18N4O5S. The van der Waals surface area contributed by atoms with Gasteiger partial charge in [0, 0.05) is 20.3 Å². The number of amides is 2. The number of aryl methyl sites for hydroxylation is 1. The molecule has 2 aromatic rings. The molecule has 1 atom stereocenters. The maximum absolute atomic E-state index is 13.2. The van der Waals surface area contributed by atoms with Gasteiger partial charge in [-0.15, -0.1) is 0 Å². The molecule has 3 N–H and O–H groups in total. The lowest BCUT2D eigenvalue weighted by atomic mass is 10.2. The second-order valence-corrected chi connectivity index (χ2v) is 7.62. The average Bonchev–Trinajstić information content (AvgIpc) is 3.02. The first kappa shape index (κ1) is 17.8. The van der Waals surface area contributed by atoms with E-state index in [1.165, 1.54) is 30.9 Å². The predicted octanol–water partition coefficient (Wildman–Crippen LogP) is -0.174. The van der Waals surface area contributed by atoms with Crippen molar-refractivity contribution in [3.05, 3.63) is 42.2 Å². The van der Waals surface area contributed by atoms with Gasteiger partial charge in [0.1, 0.15) is 16.3 Å². The molecule has 10 heteroatoms. The van der Waals surface area contributed by atoms with Crippen LogP contribution < -0.4 is 20.1 Å². The lowest BCUT2D eigenvalue weighted by Gasteiger charge is -2.34. The number of benzene rings is 1. The summed E-state index contributed by atoms with van der Waals surface area (Å²) in [7, 11) is -1.07. The van der Waals surface area contributed by atoms with Crippen molar-refractivity contribution in [2.45, 2.75) is 11.0 Å². The van der Waals surface area contributed by atoms with Crippen LogP contribution in [-0.2, 0) is 21.9 Å². The van der Waals surface area contributed by atoms with E-state index in [2.05, 4.69) is 5.32 Å². The molecule has 26 heavy (non-hydrogen) atoms. The fraction of sp³-hybridized carbons (Fsp3) is 0.250. The summed E-state index contributed by atoms with van der Waals surface area (Å²) in [6, 6.07) is 7.75. The molecule has 138 valence electrons. The van der Waals surface area contributed by atoms with Crippen LogP contribution in [0.1, 0.15) is 10.5 Å². The number of nitrogens with zero attached hydrogens (tertiary/aromatic N) is 2. The first-order valence-corrected chi connectivity index (χ1v) is 9.16. The van der Waals surface area contributed by atoms with Gasteiger partial charge >= 0.3 is 0 Å². The van der Waals surface area contributed by atoms with E-state index in [9.17, 15) is 18.0 Å². The number of likely N-dealkylation sites (N-methyl/N-ethyl adjacent to an activating group) is 1. The molecule has 0 fully saturated rings. The van der Waals surface area contributed by atoms with Gasteiger partial charge in [0.05, 0.1) is 12.2 Å². The van der Waals surface area contributed by atoms with Crippen LogP contribution in [0.15, 0.2) is 41.4 Å². The lowest BCUT2D eigenvalue weighted by molar-refractivity contribution is -0.127. The fourth-order valence-corrected chi connectivity index (χ4v) is 4.32. The molecule has 2 heterocycles. The van der Waals surface area contributed by atoms with Crippen LogP contribution in [0.4, 0.5) is 5.69 Å². The highest BCUT2D eigenvalue weighted by molar-refractivity contribution is 7.92. The highest BCUT2D eigenvalue weighted by atomic mass is 32.2. The summed E-state index contributed by atoms with van der Waals surface area (Å²) in [6.45, 7) is -0.195. The molecule has 1 aromatic carbocycles. The van der Waals surface area contributed by atoms with Gasteiger partial charge in [-0.3, -0.25) is 13.9 Å². The first-order valence-electron chi connectivity index (χ1n) is 7.72. The van der Waals surface area contributed by atoms with E-state index < -0.39 is 27.9 Å². The van der Waals surface area contributed by atoms with Gasteiger partial charge in [-0.1, -0.05) is 12.1 Å². The van der Waals surface area contributed by atoms with Crippen LogP contribution in [0, 0.1) is 0 Å². The minimum atomic E-state index is -4.04. The number of ether oxygens (including phenoxy) is 1. The number of primary amides is 1. The number of nitrogens with one attached hydrogen (secondary N) is 1. The van der Waals surface area contributed by atoms with Crippen molar-refractivity contribution >= 4 is 27.5 Å². The molecule has 1 aromatic heterocycles. The Morgan fingerprint density at radius 1 is 1.31 bits per heavy atom. The first-order chi connectivity index (χ1) is 12.3. The van der Waals surface area contributed by atoms with Crippen LogP contribution >= 0.6 is 0 Å². The maximum Gasteiger partial charge on any atom is 0.266 e. The number of aromatic nitrogens is 1. The highest BCUT2D eigenvalue weighted by Gasteiger charge is 2.37. The van der Waals surface area contributed by atoms with Crippen molar-refractivity contribution in [1.82, 2.24) is 9.88 Å². The van der Waals surface area contributed by atoms with Crippen LogP contribution in [0.5, 0.6) is 5.75 Å². The number of hydrogen-bond donors (Lipinski definition) is 2. The predicted molar refractivity (Wildman–Crippen MR) is 93.4 cm³/mol. The van der Waals surface area contributed by atoms with Crippen LogP contribution in [-0.4, -0.2) is 44.5 Å². The van der Waals surface area contributed by atoms with Crippen molar-refractivity contribution < 1.29 is 22.7 Å². The molecular weight excluding hydrogens is 360 g/mol. The van der Waals surface area contributed by atoms with E-state index >= 15 is 0 Å². The average molecular weight is 378 g/mol. The summed E-state index contributed by atoms with van der Waals surface area (Å²) < 4.78 is 34.4. The van der Waals surface area contributed by atoms with E-state index in [1.807, 2.05) is 0 Å². The van der Waals surface area contributed by atoms with Gasteiger partial charge < -0.3 is 20.4 Å². The number of carbonyl (C=O) groups excluding carboxylic acids is 2. The van der Waals surface area contributed by atoms with Gasteiger partial charge in [0.25, 0.3) is 21.8 Å². The standard InChI is InChI=1S/C16H18N4O5S/c1-18-16(22)14-9-20(11-5-3-4-6-13(11)25-14)26(23,24)10-7-12(15(17)21)19(2)8-10/h3-8,14H,9H2,1-2H3,(H2,17,21)(H,18,22). The fourth-order valence-electron chi connectivity index (χ4n) is 2.77. The zero-order valence-electron chi connectivity index (χ0n) is 14.2. The summed E-state index contributed by atoms with van der Waals surface area (Å²) in [5.41, 5.74) is 5.64. The summed E-state index contributed by atoms with van der Waals surface area (Å²) in [4.78, 5) is 23.4. The molecule has 3 rings (SSSR count). The molecule has 0 aliphatic carbocycles. The van der Waals surface area contributed by atoms with Crippen molar-refractivity contribution in [1.29, 1.82) is 0 Å². The third-order valence-corrected chi connectivity index (χ3v) is 5.84. The van der Waals surface area contributed by atoms with E-state index in [1.54, 1.807) is 24.3 Å². The molecule has 1 aliphatic rings. The molecule has 9 nitrogen and oxygen atoms in total. The Morgan fingerprint density at radius 3 is 2.62 bits per heavy atom. The second kappa shape index (κ2) is 6.37. The molecule has 1 aliphatic heterocycles. The largest absolute Gasteiger partial charge is 0.476 e. The number of hydrogen-bond acceptors (Lipinski definition) is 5. The van der Waals surface area contributed by atoms with E-state index in [-0.39, 0.29) is 22.9 Å². The number of para-hydroxylation sites is 2. The maximum atomic E-state index is 13.2. The molecule has 0 spiro atoms. The third kappa shape index (κ3) is 2.88. The Hall–Kier alpha value is -3.01. The normalized spacial score (nSPS) is 16.5. The van der Waals surface area contributed by atoms with Crippen LogP contribution in [0.3, 0.4) is 0 Å². The summed E-state index contributed by atoms with van der Waals surface area (Å²) in [5.74, 6) is -0.896. The smallest absolute Gasteiger partial charge is 0.266 e. The Bertz CT molecular complexity index is 982. The number of nitrogens with two attached hydrogens (primary N) is 1. The minimum absolute atomic E-state index is 0.0629. The van der Waals surface area contributed by atoms with Crippen LogP contribution in [0.25, 0.3) is 0 Å². The Morgan fingerprint density at radius 2 is 2.00 bits per heavy atom. The zero-order chi connectivity index (χ0) is 19.1. The third-order valence-electron chi connectivity index (χ3n) is 4.09. The van der Waals surface area contributed by atoms with Gasteiger partial charge in [-0.2, -0.15) is 0 Å². The lowest BCUT2D eigenvalue weighted by Crippen LogP contribution is -2.50. The molecule has 1 unspecified atom stereocenters. The highest BCUT2D eigenvalue weighted by Crippen LogP contribution is 2.37. The summed E-state index contributed by atoms with van der Waals surface area (Å²) >= 11 is 0. The van der Waals surface area contributed by atoms with E-state index in [4.69, 9.17) is 10.5 Å². The molecule has 2 amide bonds. The second-order valence-electron chi connectivity index (χ2n) is 5.76. The van der Waals surface area contributed by atoms with Gasteiger partial charge in [0.15, 0.2) is 6.10 Å². The number of sulfonamides is 1. The van der Waals surface area contributed by atoms with Crippen molar-refractivity contribution in [2.24, 2.45) is 12.8 Å². The zero-order valence-corrected chi connectivity index (χ0v) is 15.0.